The molecule has 0 aliphatic carbocycles. The molecule has 0 aromatic heterocycles. The Morgan fingerprint density at radius 1 is 1.45 bits per heavy atom. The summed E-state index contributed by atoms with van der Waals surface area (Å²) >= 11 is 8.60. The van der Waals surface area contributed by atoms with E-state index >= 15 is 0 Å². The summed E-state index contributed by atoms with van der Waals surface area (Å²) in [6.45, 7) is 4.93. The lowest BCUT2D eigenvalue weighted by molar-refractivity contribution is 0.412. The van der Waals surface area contributed by atoms with Crippen molar-refractivity contribution in [2.75, 3.05) is 13.7 Å². The van der Waals surface area contributed by atoms with Crippen molar-refractivity contribution in [3.63, 3.8) is 0 Å². The Kier molecular flexibility index (Phi) is 7.54. The van der Waals surface area contributed by atoms with Gasteiger partial charge >= 0.3 is 0 Å². The monoisotopic (exact) mass is 357 g/mol. The zero-order valence-corrected chi connectivity index (χ0v) is 14.4. The fourth-order valence-corrected chi connectivity index (χ4v) is 2.20. The predicted octanol–water partition coefficient (Wildman–Crippen LogP) is 3.45. The van der Waals surface area contributed by atoms with Gasteiger partial charge in [0.05, 0.1) is 17.3 Å². The molecule has 20 heavy (non-hydrogen) atoms. The maximum absolute atomic E-state index is 5.20. The van der Waals surface area contributed by atoms with E-state index in [9.17, 15) is 0 Å². The van der Waals surface area contributed by atoms with Gasteiger partial charge in [-0.15, -0.1) is 0 Å². The van der Waals surface area contributed by atoms with Crippen LogP contribution in [0.3, 0.4) is 0 Å². The van der Waals surface area contributed by atoms with Gasteiger partial charge in [-0.2, -0.15) is 5.10 Å². The Morgan fingerprint density at radius 2 is 2.20 bits per heavy atom. The molecule has 110 valence electrons. The van der Waals surface area contributed by atoms with Crippen LogP contribution in [0, 0.1) is 0 Å². The van der Waals surface area contributed by atoms with Crippen molar-refractivity contribution in [1.82, 2.24) is 10.7 Å². The molecule has 0 radical (unpaired) electrons. The fourth-order valence-electron chi connectivity index (χ4n) is 1.51. The van der Waals surface area contributed by atoms with Gasteiger partial charge < -0.3 is 10.1 Å². The van der Waals surface area contributed by atoms with Crippen molar-refractivity contribution >= 4 is 39.0 Å². The van der Waals surface area contributed by atoms with E-state index in [1.807, 2.05) is 25.1 Å². The SMILES string of the molecule is CCCCNC(=S)N/N=C(/C)c1ccc(OC)c(Br)c1. The lowest BCUT2D eigenvalue weighted by atomic mass is 10.1. The molecule has 0 unspecified atom stereocenters. The van der Waals surface area contributed by atoms with E-state index in [4.69, 9.17) is 17.0 Å². The van der Waals surface area contributed by atoms with Gasteiger partial charge in [0.1, 0.15) is 5.75 Å². The predicted molar refractivity (Wildman–Crippen MR) is 91.5 cm³/mol. The first kappa shape index (κ1) is 16.9. The number of rotatable bonds is 6. The van der Waals surface area contributed by atoms with Crippen LogP contribution in [0.2, 0.25) is 0 Å². The number of benzene rings is 1. The molecule has 0 atom stereocenters. The molecule has 0 aliphatic heterocycles. The molecule has 4 nitrogen and oxygen atoms in total. The van der Waals surface area contributed by atoms with Gasteiger partial charge in [-0.3, -0.25) is 5.43 Å². The van der Waals surface area contributed by atoms with Gasteiger partial charge in [-0.1, -0.05) is 13.3 Å². The topological polar surface area (TPSA) is 45.7 Å². The Hall–Kier alpha value is -1.14. The van der Waals surface area contributed by atoms with Gasteiger partial charge in [0.2, 0.25) is 0 Å². The number of thiocarbonyl (C=S) groups is 1. The smallest absolute Gasteiger partial charge is 0.186 e. The molecule has 0 fully saturated rings. The summed E-state index contributed by atoms with van der Waals surface area (Å²) < 4.78 is 6.10. The summed E-state index contributed by atoms with van der Waals surface area (Å²) in [5, 5.41) is 7.92. The maximum Gasteiger partial charge on any atom is 0.186 e. The number of hydrogen-bond donors (Lipinski definition) is 2. The second-order valence-electron chi connectivity index (χ2n) is 4.27. The van der Waals surface area contributed by atoms with Crippen LogP contribution in [0.1, 0.15) is 32.3 Å². The van der Waals surface area contributed by atoms with Gasteiger partial charge in [0.15, 0.2) is 5.11 Å². The number of nitrogens with one attached hydrogen (secondary N) is 2. The molecule has 1 aromatic carbocycles. The molecule has 2 N–H and O–H groups in total. The van der Waals surface area contributed by atoms with Crippen LogP contribution in [0.25, 0.3) is 0 Å². The number of halogens is 1. The summed E-state index contributed by atoms with van der Waals surface area (Å²) in [5.74, 6) is 0.797. The van der Waals surface area contributed by atoms with Gasteiger partial charge in [-0.05, 0) is 65.3 Å². The quantitative estimate of drug-likeness (QED) is 0.354. The highest BCUT2D eigenvalue weighted by Crippen LogP contribution is 2.25. The Bertz CT molecular complexity index is 491. The minimum atomic E-state index is 0.547. The zero-order valence-electron chi connectivity index (χ0n) is 12.0. The minimum Gasteiger partial charge on any atom is -0.496 e. The van der Waals surface area contributed by atoms with Crippen LogP contribution < -0.4 is 15.5 Å². The van der Waals surface area contributed by atoms with Crippen molar-refractivity contribution in [2.45, 2.75) is 26.7 Å². The molecule has 0 saturated carbocycles. The van der Waals surface area contributed by atoms with E-state index in [0.29, 0.717) is 5.11 Å². The van der Waals surface area contributed by atoms with Crippen molar-refractivity contribution in [3.05, 3.63) is 28.2 Å². The van der Waals surface area contributed by atoms with Gasteiger partial charge in [0.25, 0.3) is 0 Å². The van der Waals surface area contributed by atoms with Crippen molar-refractivity contribution < 1.29 is 4.74 Å². The van der Waals surface area contributed by atoms with Gasteiger partial charge in [0, 0.05) is 6.54 Å². The van der Waals surface area contributed by atoms with Crippen LogP contribution in [0.5, 0.6) is 5.75 Å². The highest BCUT2D eigenvalue weighted by atomic mass is 79.9. The molecular formula is C14H20BrN3OS. The third-order valence-electron chi connectivity index (χ3n) is 2.71. The van der Waals surface area contributed by atoms with E-state index in [1.54, 1.807) is 7.11 Å². The Labute approximate surface area is 134 Å². The summed E-state index contributed by atoms with van der Waals surface area (Å²) in [6.07, 6.45) is 2.23. The second-order valence-corrected chi connectivity index (χ2v) is 5.53. The number of hydrazone groups is 1. The molecule has 0 heterocycles. The van der Waals surface area contributed by atoms with Crippen molar-refractivity contribution in [1.29, 1.82) is 0 Å². The van der Waals surface area contributed by atoms with Crippen LogP contribution in [-0.4, -0.2) is 24.5 Å². The minimum absolute atomic E-state index is 0.547. The van der Waals surface area contributed by atoms with Gasteiger partial charge in [-0.25, -0.2) is 0 Å². The van der Waals surface area contributed by atoms with E-state index in [1.165, 1.54) is 0 Å². The number of hydrogen-bond acceptors (Lipinski definition) is 3. The highest BCUT2D eigenvalue weighted by molar-refractivity contribution is 9.10. The Balaban J connectivity index is 2.60. The summed E-state index contributed by atoms with van der Waals surface area (Å²) in [7, 11) is 1.64. The van der Waals surface area contributed by atoms with Crippen LogP contribution in [0.15, 0.2) is 27.8 Å². The summed E-state index contributed by atoms with van der Waals surface area (Å²) in [5.41, 5.74) is 4.71. The van der Waals surface area contributed by atoms with E-state index in [0.717, 1.165) is 40.9 Å². The maximum atomic E-state index is 5.20. The first-order valence-corrected chi connectivity index (χ1v) is 7.70. The largest absolute Gasteiger partial charge is 0.496 e. The van der Waals surface area contributed by atoms with Crippen molar-refractivity contribution in [3.8, 4) is 5.75 Å². The number of methoxy groups -OCH3 is 1. The van der Waals surface area contributed by atoms with Crippen LogP contribution in [-0.2, 0) is 0 Å². The molecule has 0 spiro atoms. The van der Waals surface area contributed by atoms with Crippen molar-refractivity contribution in [2.24, 2.45) is 5.10 Å². The number of ether oxygens (including phenoxy) is 1. The highest BCUT2D eigenvalue weighted by Gasteiger charge is 2.04. The molecule has 1 aromatic rings. The van der Waals surface area contributed by atoms with Crippen LogP contribution in [0.4, 0.5) is 0 Å². The molecule has 0 amide bonds. The lowest BCUT2D eigenvalue weighted by Gasteiger charge is -2.08. The van der Waals surface area contributed by atoms with E-state index < -0.39 is 0 Å². The first-order valence-electron chi connectivity index (χ1n) is 6.50. The van der Waals surface area contributed by atoms with E-state index in [2.05, 4.69) is 38.7 Å². The molecular weight excluding hydrogens is 338 g/mol. The fraction of sp³-hybridized carbons (Fsp3) is 0.429. The third-order valence-corrected chi connectivity index (χ3v) is 3.57. The molecule has 0 aliphatic rings. The molecule has 0 saturated heterocycles. The summed E-state index contributed by atoms with van der Waals surface area (Å²) in [6, 6.07) is 5.82. The summed E-state index contributed by atoms with van der Waals surface area (Å²) in [4.78, 5) is 0. The second kappa shape index (κ2) is 8.92. The number of unbranched alkanes of at least 4 members (excludes halogenated alkanes) is 1. The van der Waals surface area contributed by atoms with E-state index in [-0.39, 0.29) is 0 Å². The average Bonchev–Trinajstić information content (AvgIpc) is 2.45. The standard InChI is InChI=1S/C14H20BrN3OS/c1-4-5-8-16-14(20)18-17-10(2)11-6-7-13(19-3)12(15)9-11/h6-7,9H,4-5,8H2,1-3H3,(H2,16,18,20)/b17-10-. The lowest BCUT2D eigenvalue weighted by Crippen LogP contribution is -2.33. The Morgan fingerprint density at radius 3 is 2.80 bits per heavy atom. The number of nitrogens with zero attached hydrogens (tertiary/aromatic N) is 1. The normalized spacial score (nSPS) is 11.1. The first-order chi connectivity index (χ1) is 9.58. The zero-order chi connectivity index (χ0) is 15.0. The third kappa shape index (κ3) is 5.46. The molecule has 0 bridgehead atoms. The molecule has 1 rings (SSSR count). The van der Waals surface area contributed by atoms with Crippen LogP contribution >= 0.6 is 28.1 Å². The average molecular weight is 358 g/mol. The molecule has 6 heteroatoms.